The van der Waals surface area contributed by atoms with Gasteiger partial charge in [-0.3, -0.25) is 0 Å². The van der Waals surface area contributed by atoms with Crippen molar-refractivity contribution in [2.45, 2.75) is 96.8 Å². The first kappa shape index (κ1) is 22.1. The van der Waals surface area contributed by atoms with Crippen molar-refractivity contribution in [1.29, 1.82) is 0 Å². The summed E-state index contributed by atoms with van der Waals surface area (Å²) < 4.78 is 16.2. The third kappa shape index (κ3) is 5.18. The van der Waals surface area contributed by atoms with Crippen LogP contribution in [0, 0.1) is 23.6 Å². The van der Waals surface area contributed by atoms with Gasteiger partial charge < -0.3 is 0 Å². The molecule has 1 aromatic carbocycles. The molecule has 1 heterocycles. The Hall–Kier alpha value is -1.15. The molecule has 0 radical (unpaired) electrons. The Balaban J connectivity index is 1.32. The molecule has 4 rings (SSSR count). The molecule has 2 saturated carbocycles. The van der Waals surface area contributed by atoms with E-state index in [2.05, 4.69) is 44.2 Å². The van der Waals surface area contributed by atoms with Crippen molar-refractivity contribution in [2.75, 3.05) is 0 Å². The van der Waals surface area contributed by atoms with Crippen molar-refractivity contribution < 1.29 is 4.39 Å². The number of aryl methyl sites for hydroxylation is 1. The normalized spacial score (nSPS) is 27.8. The second-order valence-corrected chi connectivity index (χ2v) is 11.1. The molecule has 2 fully saturated rings. The standard InChI is InChI=1S/C28H39FS/c1-3-5-20-7-9-21(10-8-20)11-12-22-13-15-23(16-14-22)26-18-17-24-19-25(6-4-2)30-28(24)27(26)29/h11-12,17-23H,3-10,13-16H2,1-2H3/b12-11+. The van der Waals surface area contributed by atoms with Crippen LogP contribution in [0.2, 0.25) is 0 Å². The van der Waals surface area contributed by atoms with Gasteiger partial charge in [-0.05, 0) is 98.5 Å². The Morgan fingerprint density at radius 2 is 1.57 bits per heavy atom. The van der Waals surface area contributed by atoms with E-state index in [1.54, 1.807) is 11.3 Å². The van der Waals surface area contributed by atoms with Gasteiger partial charge in [0.25, 0.3) is 0 Å². The number of fused-ring (bicyclic) bond motifs is 1. The predicted octanol–water partition coefficient (Wildman–Crippen LogP) is 9.43. The molecule has 0 aliphatic heterocycles. The van der Waals surface area contributed by atoms with E-state index in [0.717, 1.165) is 53.2 Å². The van der Waals surface area contributed by atoms with Crippen LogP contribution in [0.15, 0.2) is 30.4 Å². The zero-order valence-electron chi connectivity index (χ0n) is 19.0. The van der Waals surface area contributed by atoms with Gasteiger partial charge >= 0.3 is 0 Å². The van der Waals surface area contributed by atoms with E-state index in [4.69, 9.17) is 0 Å². The molecule has 2 aliphatic carbocycles. The summed E-state index contributed by atoms with van der Waals surface area (Å²) in [5.41, 5.74) is 0.976. The fourth-order valence-electron chi connectivity index (χ4n) is 5.84. The highest BCUT2D eigenvalue weighted by Gasteiger charge is 2.25. The van der Waals surface area contributed by atoms with Crippen LogP contribution < -0.4 is 0 Å². The Kier molecular flexibility index (Phi) is 7.68. The van der Waals surface area contributed by atoms with Gasteiger partial charge in [0.1, 0.15) is 5.82 Å². The topological polar surface area (TPSA) is 0 Å². The Bertz CT molecular complexity index is 832. The maximum atomic E-state index is 15.3. The molecule has 1 aromatic heterocycles. The predicted molar refractivity (Wildman–Crippen MR) is 130 cm³/mol. The molecular weight excluding hydrogens is 387 g/mol. The van der Waals surface area contributed by atoms with Crippen molar-refractivity contribution in [3.63, 3.8) is 0 Å². The lowest BCUT2D eigenvalue weighted by atomic mass is 9.76. The van der Waals surface area contributed by atoms with Crippen LogP contribution in [-0.2, 0) is 6.42 Å². The van der Waals surface area contributed by atoms with Gasteiger partial charge in [0, 0.05) is 4.88 Å². The highest BCUT2D eigenvalue weighted by atomic mass is 32.1. The molecule has 2 aliphatic rings. The van der Waals surface area contributed by atoms with Crippen LogP contribution in [0.1, 0.15) is 101 Å². The highest BCUT2D eigenvalue weighted by Crippen LogP contribution is 2.41. The zero-order valence-corrected chi connectivity index (χ0v) is 19.8. The number of hydrogen-bond donors (Lipinski definition) is 0. The van der Waals surface area contributed by atoms with Gasteiger partial charge in [-0.2, -0.15) is 0 Å². The Labute approximate surface area is 187 Å². The van der Waals surface area contributed by atoms with E-state index < -0.39 is 0 Å². The molecular formula is C28H39FS. The molecule has 0 spiro atoms. The fraction of sp³-hybridized carbons (Fsp3) is 0.643. The first-order valence-corrected chi connectivity index (χ1v) is 13.4. The van der Waals surface area contributed by atoms with Crippen LogP contribution in [0.25, 0.3) is 10.1 Å². The molecule has 2 heteroatoms. The van der Waals surface area contributed by atoms with Gasteiger partial charge in [0.05, 0.1) is 4.70 Å². The molecule has 0 bridgehead atoms. The van der Waals surface area contributed by atoms with E-state index in [1.807, 2.05) is 0 Å². The number of halogens is 1. The van der Waals surface area contributed by atoms with Crippen molar-refractivity contribution in [3.8, 4) is 0 Å². The van der Waals surface area contributed by atoms with Crippen molar-refractivity contribution in [3.05, 3.63) is 46.6 Å². The van der Waals surface area contributed by atoms with E-state index in [0.29, 0.717) is 11.8 Å². The van der Waals surface area contributed by atoms with Crippen LogP contribution in [0.3, 0.4) is 0 Å². The van der Waals surface area contributed by atoms with Gasteiger partial charge in [0.15, 0.2) is 0 Å². The van der Waals surface area contributed by atoms with Gasteiger partial charge in [-0.15, -0.1) is 11.3 Å². The summed E-state index contributed by atoms with van der Waals surface area (Å²) in [5.74, 6) is 2.98. The molecule has 0 N–H and O–H groups in total. The summed E-state index contributed by atoms with van der Waals surface area (Å²) in [6, 6.07) is 6.42. The summed E-state index contributed by atoms with van der Waals surface area (Å²) in [4.78, 5) is 1.32. The largest absolute Gasteiger partial charge is 0.205 e. The zero-order chi connectivity index (χ0) is 20.9. The molecule has 2 aromatic rings. The average Bonchev–Trinajstić information content (AvgIpc) is 3.18. The molecule has 0 nitrogen and oxygen atoms in total. The van der Waals surface area contributed by atoms with Crippen LogP contribution in [-0.4, -0.2) is 0 Å². The van der Waals surface area contributed by atoms with Crippen molar-refractivity contribution in [1.82, 2.24) is 0 Å². The molecule has 164 valence electrons. The quantitative estimate of drug-likeness (QED) is 0.387. The van der Waals surface area contributed by atoms with Crippen molar-refractivity contribution >= 4 is 21.4 Å². The Morgan fingerprint density at radius 1 is 0.900 bits per heavy atom. The summed E-state index contributed by atoms with van der Waals surface area (Å²) in [7, 11) is 0. The third-order valence-electron chi connectivity index (χ3n) is 7.66. The van der Waals surface area contributed by atoms with Crippen molar-refractivity contribution in [2.24, 2.45) is 17.8 Å². The van der Waals surface area contributed by atoms with Crippen LogP contribution in [0.5, 0.6) is 0 Å². The van der Waals surface area contributed by atoms with Gasteiger partial charge in [-0.1, -0.05) is 57.4 Å². The van der Waals surface area contributed by atoms with Crippen LogP contribution >= 0.6 is 11.3 Å². The highest BCUT2D eigenvalue weighted by molar-refractivity contribution is 7.19. The first-order valence-electron chi connectivity index (χ1n) is 12.6. The maximum Gasteiger partial charge on any atom is 0.144 e. The minimum Gasteiger partial charge on any atom is -0.205 e. The molecule has 30 heavy (non-hydrogen) atoms. The second-order valence-electron chi connectivity index (χ2n) is 9.92. The number of allylic oxidation sites excluding steroid dienone is 2. The molecule has 0 amide bonds. The van der Waals surface area contributed by atoms with E-state index in [-0.39, 0.29) is 5.82 Å². The lowest BCUT2D eigenvalue weighted by Gasteiger charge is -2.29. The molecule has 0 unspecified atom stereocenters. The van der Waals surface area contributed by atoms with E-state index in [9.17, 15) is 0 Å². The number of hydrogen-bond acceptors (Lipinski definition) is 1. The maximum absolute atomic E-state index is 15.3. The van der Waals surface area contributed by atoms with Gasteiger partial charge in [-0.25, -0.2) is 4.39 Å². The average molecular weight is 427 g/mol. The van der Waals surface area contributed by atoms with E-state index in [1.165, 1.54) is 56.2 Å². The monoisotopic (exact) mass is 426 g/mol. The minimum absolute atomic E-state index is 0.0719. The molecule has 0 atom stereocenters. The summed E-state index contributed by atoms with van der Waals surface area (Å²) >= 11 is 1.67. The number of thiophene rings is 1. The summed E-state index contributed by atoms with van der Waals surface area (Å²) in [5, 5.41) is 1.09. The minimum atomic E-state index is 0.0719. The van der Waals surface area contributed by atoms with Gasteiger partial charge in [0.2, 0.25) is 0 Å². The smallest absolute Gasteiger partial charge is 0.144 e. The number of rotatable bonds is 7. The second kappa shape index (κ2) is 10.4. The fourth-order valence-corrected chi connectivity index (χ4v) is 7.04. The Morgan fingerprint density at radius 3 is 2.20 bits per heavy atom. The third-order valence-corrected chi connectivity index (χ3v) is 8.86. The van der Waals surface area contributed by atoms with Crippen LogP contribution in [0.4, 0.5) is 4.39 Å². The lowest BCUT2D eigenvalue weighted by Crippen LogP contribution is -2.15. The SMILES string of the molecule is CCCc1cc2ccc(C3CCC(/C=C/C4CCC(CCC)CC4)CC3)c(F)c2s1. The first-order chi connectivity index (χ1) is 14.7. The van der Waals surface area contributed by atoms with E-state index >= 15 is 4.39 Å². The number of benzene rings is 1. The summed E-state index contributed by atoms with van der Waals surface area (Å²) in [6.07, 6.45) is 20.4. The lowest BCUT2D eigenvalue weighted by molar-refractivity contribution is 0.292. The summed E-state index contributed by atoms with van der Waals surface area (Å²) in [6.45, 7) is 4.51. The molecule has 0 saturated heterocycles.